The van der Waals surface area contributed by atoms with Gasteiger partial charge in [-0.15, -0.1) is 0 Å². The molecule has 1 N–H and O–H groups in total. The molecule has 0 aliphatic rings. The van der Waals surface area contributed by atoms with Gasteiger partial charge < -0.3 is 5.11 Å². The molecular formula is C16H14ClNO3. The first-order valence-corrected chi connectivity index (χ1v) is 6.71. The van der Waals surface area contributed by atoms with Crippen molar-refractivity contribution >= 4 is 29.2 Å². The predicted octanol–water partition coefficient (Wildman–Crippen LogP) is 3.38. The highest BCUT2D eigenvalue weighted by atomic mass is 35.5. The maximum atomic E-state index is 12.5. The van der Waals surface area contributed by atoms with Crippen molar-refractivity contribution in [3.8, 4) is 0 Å². The summed E-state index contributed by atoms with van der Waals surface area (Å²) < 4.78 is 0. The Morgan fingerprint density at radius 1 is 1.14 bits per heavy atom. The van der Waals surface area contributed by atoms with E-state index in [2.05, 4.69) is 0 Å². The molecule has 108 valence electrons. The van der Waals surface area contributed by atoms with Crippen molar-refractivity contribution in [3.05, 3.63) is 64.7 Å². The SMILES string of the molecule is Cc1ccc(N(CC(=O)O)C(=O)c2cccc(Cl)c2)cc1. The molecule has 0 radical (unpaired) electrons. The molecule has 0 saturated carbocycles. The molecule has 21 heavy (non-hydrogen) atoms. The van der Waals surface area contributed by atoms with E-state index in [9.17, 15) is 9.59 Å². The van der Waals surface area contributed by atoms with E-state index < -0.39 is 18.4 Å². The lowest BCUT2D eigenvalue weighted by atomic mass is 10.1. The Kier molecular flexibility index (Phi) is 4.60. The van der Waals surface area contributed by atoms with Crippen LogP contribution in [0.25, 0.3) is 0 Å². The van der Waals surface area contributed by atoms with Crippen LogP contribution in [0, 0.1) is 6.92 Å². The van der Waals surface area contributed by atoms with E-state index in [4.69, 9.17) is 16.7 Å². The first kappa shape index (κ1) is 15.1. The second kappa shape index (κ2) is 6.41. The van der Waals surface area contributed by atoms with Crippen molar-refractivity contribution in [2.24, 2.45) is 0 Å². The van der Waals surface area contributed by atoms with Crippen molar-refractivity contribution < 1.29 is 14.7 Å². The lowest BCUT2D eigenvalue weighted by molar-refractivity contribution is -0.135. The molecule has 4 nitrogen and oxygen atoms in total. The van der Waals surface area contributed by atoms with Crippen LogP contribution in [0.3, 0.4) is 0 Å². The topological polar surface area (TPSA) is 57.6 Å². The highest BCUT2D eigenvalue weighted by molar-refractivity contribution is 6.31. The first-order chi connectivity index (χ1) is 9.97. The number of aryl methyl sites for hydroxylation is 1. The van der Waals surface area contributed by atoms with Gasteiger partial charge in [0.05, 0.1) is 0 Å². The summed E-state index contributed by atoms with van der Waals surface area (Å²) in [6.07, 6.45) is 0. The molecule has 0 aliphatic heterocycles. The Morgan fingerprint density at radius 2 is 1.81 bits per heavy atom. The van der Waals surface area contributed by atoms with Gasteiger partial charge in [-0.05, 0) is 37.3 Å². The monoisotopic (exact) mass is 303 g/mol. The third kappa shape index (κ3) is 3.83. The summed E-state index contributed by atoms with van der Waals surface area (Å²) in [5, 5.41) is 9.46. The minimum atomic E-state index is -1.08. The van der Waals surface area contributed by atoms with Crippen LogP contribution in [-0.2, 0) is 4.79 Å². The van der Waals surface area contributed by atoms with Gasteiger partial charge >= 0.3 is 5.97 Å². The smallest absolute Gasteiger partial charge is 0.323 e. The molecule has 0 spiro atoms. The van der Waals surface area contributed by atoms with Crippen molar-refractivity contribution in [2.45, 2.75) is 6.92 Å². The lowest BCUT2D eigenvalue weighted by Gasteiger charge is -2.21. The number of carboxylic acid groups (broad SMARTS) is 1. The lowest BCUT2D eigenvalue weighted by Crippen LogP contribution is -2.35. The van der Waals surface area contributed by atoms with Gasteiger partial charge in [0.25, 0.3) is 5.91 Å². The number of anilines is 1. The largest absolute Gasteiger partial charge is 0.480 e. The number of carbonyl (C=O) groups is 2. The number of hydrogen-bond donors (Lipinski definition) is 1. The minimum Gasteiger partial charge on any atom is -0.480 e. The van der Waals surface area contributed by atoms with E-state index in [0.29, 0.717) is 16.3 Å². The van der Waals surface area contributed by atoms with Crippen LogP contribution in [0.1, 0.15) is 15.9 Å². The number of aliphatic carboxylic acids is 1. The molecule has 0 saturated heterocycles. The average Bonchev–Trinajstić information content (AvgIpc) is 2.45. The molecule has 0 unspecified atom stereocenters. The number of amides is 1. The van der Waals surface area contributed by atoms with Gasteiger partial charge in [-0.1, -0.05) is 35.4 Å². The van der Waals surface area contributed by atoms with E-state index in [1.807, 2.05) is 19.1 Å². The molecule has 1 amide bonds. The fourth-order valence-electron chi connectivity index (χ4n) is 1.92. The Labute approximate surface area is 127 Å². The standard InChI is InChI=1S/C16H14ClNO3/c1-11-5-7-14(8-6-11)18(10-15(19)20)16(21)12-3-2-4-13(17)9-12/h2-9H,10H2,1H3,(H,19,20). The molecular weight excluding hydrogens is 290 g/mol. The number of carboxylic acids is 1. The molecule has 2 aromatic carbocycles. The van der Waals surface area contributed by atoms with Crippen molar-refractivity contribution in [3.63, 3.8) is 0 Å². The first-order valence-electron chi connectivity index (χ1n) is 6.33. The van der Waals surface area contributed by atoms with Crippen LogP contribution in [-0.4, -0.2) is 23.5 Å². The van der Waals surface area contributed by atoms with E-state index in [0.717, 1.165) is 5.56 Å². The number of carbonyl (C=O) groups excluding carboxylic acids is 1. The molecule has 2 aromatic rings. The summed E-state index contributed by atoms with van der Waals surface area (Å²) in [6.45, 7) is 1.51. The number of nitrogens with zero attached hydrogens (tertiary/aromatic N) is 1. The van der Waals surface area contributed by atoms with Crippen molar-refractivity contribution in [2.75, 3.05) is 11.4 Å². The van der Waals surface area contributed by atoms with Gasteiger partial charge in [0, 0.05) is 16.3 Å². The Bertz CT molecular complexity index is 667. The van der Waals surface area contributed by atoms with Crippen LogP contribution in [0.15, 0.2) is 48.5 Å². The number of rotatable bonds is 4. The highest BCUT2D eigenvalue weighted by Crippen LogP contribution is 2.19. The van der Waals surface area contributed by atoms with Crippen LogP contribution in [0.5, 0.6) is 0 Å². The summed E-state index contributed by atoms with van der Waals surface area (Å²) in [4.78, 5) is 24.8. The van der Waals surface area contributed by atoms with Gasteiger partial charge in [0.15, 0.2) is 0 Å². The Morgan fingerprint density at radius 3 is 2.38 bits per heavy atom. The summed E-state index contributed by atoms with van der Waals surface area (Å²) in [7, 11) is 0. The maximum Gasteiger partial charge on any atom is 0.323 e. The molecule has 0 aliphatic carbocycles. The van der Waals surface area contributed by atoms with Gasteiger partial charge in [-0.2, -0.15) is 0 Å². The zero-order chi connectivity index (χ0) is 15.4. The zero-order valence-corrected chi connectivity index (χ0v) is 12.2. The van der Waals surface area contributed by atoms with E-state index in [-0.39, 0.29) is 0 Å². The number of benzene rings is 2. The summed E-state index contributed by atoms with van der Waals surface area (Å²) in [5.41, 5.74) is 1.92. The van der Waals surface area contributed by atoms with Gasteiger partial charge in [0.1, 0.15) is 6.54 Å². The fraction of sp³-hybridized carbons (Fsp3) is 0.125. The summed E-state index contributed by atoms with van der Waals surface area (Å²) in [5.74, 6) is -1.48. The molecule has 2 rings (SSSR count). The molecule has 0 aromatic heterocycles. The van der Waals surface area contributed by atoms with Gasteiger partial charge in [-0.25, -0.2) is 0 Å². The molecule has 5 heteroatoms. The molecule has 0 bridgehead atoms. The molecule has 0 fully saturated rings. The molecule has 0 atom stereocenters. The van der Waals surface area contributed by atoms with E-state index in [1.54, 1.807) is 30.3 Å². The van der Waals surface area contributed by atoms with E-state index >= 15 is 0 Å². The predicted molar refractivity (Wildman–Crippen MR) is 81.9 cm³/mol. The zero-order valence-electron chi connectivity index (χ0n) is 11.4. The number of halogens is 1. The number of hydrogen-bond acceptors (Lipinski definition) is 2. The fourth-order valence-corrected chi connectivity index (χ4v) is 2.11. The summed E-state index contributed by atoms with van der Waals surface area (Å²) >= 11 is 5.88. The minimum absolute atomic E-state index is 0.351. The Balaban J connectivity index is 2.38. The average molecular weight is 304 g/mol. The van der Waals surface area contributed by atoms with Crippen molar-refractivity contribution in [1.82, 2.24) is 0 Å². The highest BCUT2D eigenvalue weighted by Gasteiger charge is 2.20. The normalized spacial score (nSPS) is 10.2. The van der Waals surface area contributed by atoms with Crippen LogP contribution >= 0.6 is 11.6 Å². The van der Waals surface area contributed by atoms with Crippen LogP contribution in [0.4, 0.5) is 5.69 Å². The Hall–Kier alpha value is -2.33. The van der Waals surface area contributed by atoms with Crippen LogP contribution in [0.2, 0.25) is 5.02 Å². The van der Waals surface area contributed by atoms with Crippen LogP contribution < -0.4 is 4.90 Å². The summed E-state index contributed by atoms with van der Waals surface area (Å²) in [6, 6.07) is 13.5. The third-order valence-corrected chi connectivity index (χ3v) is 3.19. The van der Waals surface area contributed by atoms with Gasteiger partial charge in [-0.3, -0.25) is 14.5 Å². The quantitative estimate of drug-likeness (QED) is 0.942. The third-order valence-electron chi connectivity index (χ3n) is 2.96. The van der Waals surface area contributed by atoms with E-state index in [1.165, 1.54) is 11.0 Å². The second-order valence-corrected chi connectivity index (χ2v) is 5.07. The van der Waals surface area contributed by atoms with Gasteiger partial charge in [0.2, 0.25) is 0 Å². The second-order valence-electron chi connectivity index (χ2n) is 4.63. The maximum absolute atomic E-state index is 12.5. The molecule has 0 heterocycles. The van der Waals surface area contributed by atoms with Crippen molar-refractivity contribution in [1.29, 1.82) is 0 Å².